The number of carbonyl (C=O) groups excluding carboxylic acids is 1. The van der Waals surface area contributed by atoms with Crippen LogP contribution in [0.3, 0.4) is 0 Å². The van der Waals surface area contributed by atoms with Crippen molar-refractivity contribution in [1.82, 2.24) is 4.90 Å². The van der Waals surface area contributed by atoms with Gasteiger partial charge in [0.05, 0.1) is 0 Å². The summed E-state index contributed by atoms with van der Waals surface area (Å²) in [5.74, 6) is -0.297. The average molecular weight is 181 g/mol. The highest BCUT2D eigenvalue weighted by atomic mass is 16.4. The van der Waals surface area contributed by atoms with Crippen molar-refractivity contribution >= 4 is 11.9 Å². The van der Waals surface area contributed by atoms with Gasteiger partial charge >= 0.3 is 5.97 Å². The lowest BCUT2D eigenvalue weighted by Gasteiger charge is -2.24. The molecule has 3 atom stereocenters. The van der Waals surface area contributed by atoms with E-state index in [0.29, 0.717) is 18.8 Å². The third-order valence-electron chi connectivity index (χ3n) is 3.82. The average Bonchev–Trinajstić information content (AvgIpc) is 2.49. The molecule has 2 aliphatic heterocycles. The van der Waals surface area contributed by atoms with Crippen molar-refractivity contribution in [3.8, 4) is 0 Å². The Balaban J connectivity index is 1.98. The van der Waals surface area contributed by atoms with Gasteiger partial charge in [-0.05, 0) is 25.2 Å². The molecule has 4 heteroatoms. The van der Waals surface area contributed by atoms with Crippen molar-refractivity contribution < 1.29 is 14.7 Å². The molecule has 13 heavy (non-hydrogen) atoms. The standard InChI is InChI=1S/C9H11NO3/c11-7-1-2-9-4-5(9)3-6(8(12)13)10(7)9/h5-6H,1-4H2,(H,12,13)/t5-,6-,9+/m1/s1. The van der Waals surface area contributed by atoms with Gasteiger partial charge < -0.3 is 10.0 Å². The van der Waals surface area contributed by atoms with Crippen molar-refractivity contribution in [1.29, 1.82) is 0 Å². The van der Waals surface area contributed by atoms with Gasteiger partial charge in [0.15, 0.2) is 0 Å². The number of piperidine rings is 1. The molecule has 0 aromatic carbocycles. The van der Waals surface area contributed by atoms with E-state index < -0.39 is 12.0 Å². The van der Waals surface area contributed by atoms with Crippen LogP contribution in [-0.4, -0.2) is 33.5 Å². The summed E-state index contributed by atoms with van der Waals surface area (Å²) in [6.07, 6.45) is 3.17. The summed E-state index contributed by atoms with van der Waals surface area (Å²) < 4.78 is 0. The van der Waals surface area contributed by atoms with Crippen LogP contribution in [0.4, 0.5) is 0 Å². The second-order valence-electron chi connectivity index (χ2n) is 4.36. The summed E-state index contributed by atoms with van der Waals surface area (Å²) in [6.45, 7) is 0. The maximum absolute atomic E-state index is 11.5. The minimum atomic E-state index is -0.832. The summed E-state index contributed by atoms with van der Waals surface area (Å²) in [7, 11) is 0. The van der Waals surface area contributed by atoms with Gasteiger partial charge in [-0.2, -0.15) is 0 Å². The largest absolute Gasteiger partial charge is 0.480 e. The van der Waals surface area contributed by atoms with E-state index in [0.717, 1.165) is 12.8 Å². The van der Waals surface area contributed by atoms with Gasteiger partial charge in [-0.25, -0.2) is 4.79 Å². The van der Waals surface area contributed by atoms with Crippen LogP contribution in [0.2, 0.25) is 0 Å². The molecule has 4 nitrogen and oxygen atoms in total. The van der Waals surface area contributed by atoms with Gasteiger partial charge in [-0.15, -0.1) is 0 Å². The van der Waals surface area contributed by atoms with E-state index in [-0.39, 0.29) is 11.4 Å². The zero-order chi connectivity index (χ0) is 9.22. The Morgan fingerprint density at radius 2 is 2.38 bits per heavy atom. The van der Waals surface area contributed by atoms with E-state index in [1.807, 2.05) is 0 Å². The second kappa shape index (κ2) is 1.89. The van der Waals surface area contributed by atoms with Crippen LogP contribution in [0.15, 0.2) is 0 Å². The Kier molecular flexibility index (Phi) is 1.07. The molecule has 1 aliphatic carbocycles. The molecule has 0 aromatic heterocycles. The molecule has 1 N–H and O–H groups in total. The van der Waals surface area contributed by atoms with E-state index >= 15 is 0 Å². The van der Waals surface area contributed by atoms with Crippen molar-refractivity contribution in [2.24, 2.45) is 5.92 Å². The van der Waals surface area contributed by atoms with Crippen LogP contribution in [0, 0.1) is 5.92 Å². The first-order valence-corrected chi connectivity index (χ1v) is 4.70. The molecular formula is C9H11NO3. The molecule has 0 unspecified atom stereocenters. The van der Waals surface area contributed by atoms with Gasteiger partial charge in [0.2, 0.25) is 5.91 Å². The van der Waals surface area contributed by atoms with Crippen LogP contribution in [-0.2, 0) is 9.59 Å². The number of hydrogen-bond donors (Lipinski definition) is 1. The highest BCUT2D eigenvalue weighted by Crippen LogP contribution is 2.63. The number of carbonyl (C=O) groups is 2. The Morgan fingerprint density at radius 3 is 3.08 bits per heavy atom. The van der Waals surface area contributed by atoms with Crippen molar-refractivity contribution in [3.63, 3.8) is 0 Å². The molecule has 1 spiro atoms. The highest BCUT2D eigenvalue weighted by molar-refractivity contribution is 5.88. The molecule has 2 saturated heterocycles. The van der Waals surface area contributed by atoms with Crippen molar-refractivity contribution in [2.75, 3.05) is 0 Å². The lowest BCUT2D eigenvalue weighted by Crippen LogP contribution is -2.43. The fourth-order valence-electron chi connectivity index (χ4n) is 3.15. The Labute approximate surface area is 75.5 Å². The molecule has 3 fully saturated rings. The number of nitrogens with zero attached hydrogens (tertiary/aromatic N) is 1. The van der Waals surface area contributed by atoms with Gasteiger partial charge in [-0.1, -0.05) is 0 Å². The van der Waals surface area contributed by atoms with Gasteiger partial charge in [-0.3, -0.25) is 4.79 Å². The summed E-state index contributed by atoms with van der Waals surface area (Å²) >= 11 is 0. The number of hydrogen-bond acceptors (Lipinski definition) is 2. The zero-order valence-electron chi connectivity index (χ0n) is 7.19. The van der Waals surface area contributed by atoms with Crippen LogP contribution >= 0.6 is 0 Å². The Bertz CT molecular complexity index is 314. The first kappa shape index (κ1) is 7.35. The fourth-order valence-corrected chi connectivity index (χ4v) is 3.15. The predicted octanol–water partition coefficient (Wildman–Crippen LogP) is 0.224. The SMILES string of the molecule is O=C(O)[C@H]1C[C@@H]2C[C@@]23CCC(=O)N13. The van der Waals surface area contributed by atoms with E-state index in [9.17, 15) is 9.59 Å². The summed E-state index contributed by atoms with van der Waals surface area (Å²) in [4.78, 5) is 24.0. The highest BCUT2D eigenvalue weighted by Gasteiger charge is 2.70. The fraction of sp³-hybridized carbons (Fsp3) is 0.778. The molecule has 0 aromatic rings. The number of aliphatic carboxylic acids is 1. The summed E-state index contributed by atoms with van der Waals surface area (Å²) in [5.41, 5.74) is 0.000139. The third kappa shape index (κ3) is 0.677. The number of carboxylic acid groups (broad SMARTS) is 1. The topological polar surface area (TPSA) is 57.6 Å². The maximum Gasteiger partial charge on any atom is 0.326 e. The molecular weight excluding hydrogens is 170 g/mol. The molecule has 1 saturated carbocycles. The summed E-state index contributed by atoms with van der Waals surface area (Å²) in [5, 5.41) is 8.92. The van der Waals surface area contributed by atoms with Gasteiger partial charge in [0.25, 0.3) is 0 Å². The molecule has 2 heterocycles. The zero-order valence-corrected chi connectivity index (χ0v) is 7.19. The van der Waals surface area contributed by atoms with Crippen LogP contribution < -0.4 is 0 Å². The van der Waals surface area contributed by atoms with E-state index in [1.54, 1.807) is 4.90 Å². The number of rotatable bonds is 1. The molecule has 70 valence electrons. The Morgan fingerprint density at radius 1 is 1.62 bits per heavy atom. The molecule has 3 aliphatic rings. The van der Waals surface area contributed by atoms with Crippen molar-refractivity contribution in [3.05, 3.63) is 0 Å². The second-order valence-corrected chi connectivity index (χ2v) is 4.36. The summed E-state index contributed by atoms with van der Waals surface area (Å²) in [6, 6.07) is -0.520. The van der Waals surface area contributed by atoms with Crippen LogP contribution in [0.25, 0.3) is 0 Å². The first-order chi connectivity index (χ1) is 6.15. The van der Waals surface area contributed by atoms with E-state index in [2.05, 4.69) is 0 Å². The monoisotopic (exact) mass is 181 g/mol. The quantitative estimate of drug-likeness (QED) is 0.629. The molecule has 0 bridgehead atoms. The normalized spacial score (nSPS) is 46.2. The van der Waals surface area contributed by atoms with Crippen LogP contribution in [0.1, 0.15) is 25.7 Å². The smallest absolute Gasteiger partial charge is 0.326 e. The van der Waals surface area contributed by atoms with E-state index in [4.69, 9.17) is 5.11 Å². The van der Waals surface area contributed by atoms with Crippen LogP contribution in [0.5, 0.6) is 0 Å². The van der Waals surface area contributed by atoms with Gasteiger partial charge in [0, 0.05) is 12.0 Å². The molecule has 1 amide bonds. The predicted molar refractivity (Wildman–Crippen MR) is 43.0 cm³/mol. The maximum atomic E-state index is 11.5. The minimum Gasteiger partial charge on any atom is -0.480 e. The minimum absolute atomic E-state index is 0.000139. The Hall–Kier alpha value is -1.06. The number of amides is 1. The lowest BCUT2D eigenvalue weighted by atomic mass is 10.1. The van der Waals surface area contributed by atoms with E-state index in [1.165, 1.54) is 0 Å². The lowest BCUT2D eigenvalue weighted by molar-refractivity contribution is -0.148. The molecule has 3 rings (SSSR count). The van der Waals surface area contributed by atoms with Crippen molar-refractivity contribution in [2.45, 2.75) is 37.3 Å². The number of carboxylic acids is 1. The molecule has 0 radical (unpaired) electrons. The van der Waals surface area contributed by atoms with Gasteiger partial charge in [0.1, 0.15) is 6.04 Å². The first-order valence-electron chi connectivity index (χ1n) is 4.70. The third-order valence-corrected chi connectivity index (χ3v) is 3.82.